The topological polar surface area (TPSA) is 83.8 Å². The van der Waals surface area contributed by atoms with E-state index in [0.717, 1.165) is 25.2 Å². The molecule has 0 aliphatic heterocycles. The highest BCUT2D eigenvalue weighted by Gasteiger charge is 2.10. The average Bonchev–Trinajstić information content (AvgIpc) is 2.92. The van der Waals surface area contributed by atoms with Crippen LogP contribution in [0.4, 0.5) is 5.69 Å². The van der Waals surface area contributed by atoms with Crippen molar-refractivity contribution in [1.29, 1.82) is 0 Å². The van der Waals surface area contributed by atoms with Crippen LogP contribution in [0.2, 0.25) is 0 Å². The number of imidazole rings is 1. The number of hydrogen-bond acceptors (Lipinski definition) is 4. The molecule has 0 amide bonds. The zero-order valence-electron chi connectivity index (χ0n) is 10.5. The number of nitrogens with one attached hydrogen (secondary N) is 2. The number of nitrogens with zero attached hydrogens (tertiary/aromatic N) is 2. The number of rotatable bonds is 7. The van der Waals surface area contributed by atoms with Crippen molar-refractivity contribution in [2.75, 3.05) is 6.54 Å². The van der Waals surface area contributed by atoms with E-state index < -0.39 is 0 Å². The van der Waals surface area contributed by atoms with Gasteiger partial charge in [0, 0.05) is 37.0 Å². The van der Waals surface area contributed by atoms with Crippen LogP contribution < -0.4 is 5.32 Å². The van der Waals surface area contributed by atoms with Crippen LogP contribution in [0.1, 0.15) is 17.8 Å². The summed E-state index contributed by atoms with van der Waals surface area (Å²) in [4.78, 5) is 17.7. The number of hydrogen-bond donors (Lipinski definition) is 2. The molecule has 0 atom stereocenters. The molecular formula is C13H16N4O2. The fourth-order valence-electron chi connectivity index (χ4n) is 1.88. The fraction of sp³-hybridized carbons (Fsp3) is 0.308. The summed E-state index contributed by atoms with van der Waals surface area (Å²) in [7, 11) is 0. The van der Waals surface area contributed by atoms with E-state index in [1.165, 1.54) is 6.07 Å². The van der Waals surface area contributed by atoms with E-state index in [2.05, 4.69) is 15.3 Å². The first kappa shape index (κ1) is 13.2. The highest BCUT2D eigenvalue weighted by atomic mass is 16.6. The maximum atomic E-state index is 10.8. The third-order valence-corrected chi connectivity index (χ3v) is 2.83. The Kier molecular flexibility index (Phi) is 4.63. The number of H-pyrrole nitrogens is 1. The zero-order valence-corrected chi connectivity index (χ0v) is 10.5. The van der Waals surface area contributed by atoms with Crippen molar-refractivity contribution in [2.45, 2.75) is 19.4 Å². The van der Waals surface area contributed by atoms with Gasteiger partial charge in [0.25, 0.3) is 5.69 Å². The van der Waals surface area contributed by atoms with Crippen molar-refractivity contribution < 1.29 is 4.92 Å². The lowest BCUT2D eigenvalue weighted by Crippen LogP contribution is -2.16. The van der Waals surface area contributed by atoms with Crippen molar-refractivity contribution >= 4 is 5.69 Å². The molecule has 19 heavy (non-hydrogen) atoms. The molecule has 6 nitrogen and oxygen atoms in total. The van der Waals surface area contributed by atoms with Crippen LogP contribution in [0.3, 0.4) is 0 Å². The third-order valence-electron chi connectivity index (χ3n) is 2.83. The Bertz CT molecular complexity index is 525. The molecule has 0 radical (unpaired) electrons. The van der Waals surface area contributed by atoms with E-state index in [-0.39, 0.29) is 10.6 Å². The van der Waals surface area contributed by atoms with Crippen LogP contribution in [-0.4, -0.2) is 21.4 Å². The molecule has 1 aromatic heterocycles. The second-order valence-corrected chi connectivity index (χ2v) is 4.20. The van der Waals surface area contributed by atoms with Gasteiger partial charge in [-0.15, -0.1) is 0 Å². The number of nitro groups is 1. The van der Waals surface area contributed by atoms with Gasteiger partial charge in [-0.3, -0.25) is 10.1 Å². The van der Waals surface area contributed by atoms with Gasteiger partial charge in [-0.2, -0.15) is 0 Å². The number of aromatic amines is 1. The van der Waals surface area contributed by atoms with Gasteiger partial charge in [-0.05, 0) is 13.0 Å². The molecule has 0 fully saturated rings. The summed E-state index contributed by atoms with van der Waals surface area (Å²) in [5.74, 6) is 0.965. The quantitative estimate of drug-likeness (QED) is 0.453. The Morgan fingerprint density at radius 1 is 1.37 bits per heavy atom. The summed E-state index contributed by atoms with van der Waals surface area (Å²) in [6.07, 6.45) is 5.34. The first-order valence-corrected chi connectivity index (χ1v) is 6.18. The van der Waals surface area contributed by atoms with E-state index in [4.69, 9.17) is 0 Å². The molecule has 100 valence electrons. The first-order valence-electron chi connectivity index (χ1n) is 6.18. The van der Waals surface area contributed by atoms with Crippen LogP contribution >= 0.6 is 0 Å². The van der Waals surface area contributed by atoms with Crippen molar-refractivity contribution in [3.05, 3.63) is 58.2 Å². The lowest BCUT2D eigenvalue weighted by molar-refractivity contribution is -0.385. The maximum Gasteiger partial charge on any atom is 0.273 e. The highest BCUT2D eigenvalue weighted by molar-refractivity contribution is 5.39. The predicted octanol–water partition coefficient (Wildman–Crippen LogP) is 2.04. The van der Waals surface area contributed by atoms with E-state index >= 15 is 0 Å². The Hall–Kier alpha value is -2.21. The van der Waals surface area contributed by atoms with Crippen molar-refractivity contribution in [1.82, 2.24) is 15.3 Å². The fourth-order valence-corrected chi connectivity index (χ4v) is 1.88. The average molecular weight is 260 g/mol. The van der Waals surface area contributed by atoms with Crippen LogP contribution in [0, 0.1) is 10.1 Å². The largest absolute Gasteiger partial charge is 0.349 e. The molecular weight excluding hydrogens is 244 g/mol. The number of para-hydroxylation sites is 1. The summed E-state index contributed by atoms with van der Waals surface area (Å²) in [5.41, 5.74) is 0.881. The van der Waals surface area contributed by atoms with Gasteiger partial charge in [-0.25, -0.2) is 4.98 Å². The Labute approximate surface area is 111 Å². The second-order valence-electron chi connectivity index (χ2n) is 4.20. The molecule has 0 aliphatic carbocycles. The molecule has 6 heteroatoms. The molecule has 2 aromatic rings. The third kappa shape index (κ3) is 3.89. The molecule has 0 bridgehead atoms. The first-order chi connectivity index (χ1) is 9.27. The van der Waals surface area contributed by atoms with Gasteiger partial charge in [-0.1, -0.05) is 18.2 Å². The van der Waals surface area contributed by atoms with Gasteiger partial charge in [0.15, 0.2) is 0 Å². The van der Waals surface area contributed by atoms with Crippen molar-refractivity contribution in [2.24, 2.45) is 0 Å². The second kappa shape index (κ2) is 6.65. The van der Waals surface area contributed by atoms with Gasteiger partial charge in [0.05, 0.1) is 4.92 Å². The minimum absolute atomic E-state index is 0.168. The van der Waals surface area contributed by atoms with Gasteiger partial charge in [0.1, 0.15) is 5.82 Å². The summed E-state index contributed by atoms with van der Waals surface area (Å²) >= 11 is 0. The van der Waals surface area contributed by atoms with Crippen LogP contribution in [0.5, 0.6) is 0 Å². The molecule has 0 unspecified atom stereocenters. The molecule has 0 spiro atoms. The Morgan fingerprint density at radius 3 is 2.95 bits per heavy atom. The number of benzene rings is 1. The minimum atomic E-state index is -0.347. The predicted molar refractivity (Wildman–Crippen MR) is 71.7 cm³/mol. The van der Waals surface area contributed by atoms with Crippen molar-refractivity contribution in [3.8, 4) is 0 Å². The van der Waals surface area contributed by atoms with E-state index in [1.807, 2.05) is 6.07 Å². The van der Waals surface area contributed by atoms with E-state index in [9.17, 15) is 10.1 Å². The molecule has 0 aliphatic rings. The lowest BCUT2D eigenvalue weighted by Gasteiger charge is -2.05. The molecule has 0 saturated heterocycles. The number of aryl methyl sites for hydroxylation is 1. The molecule has 0 saturated carbocycles. The molecule has 2 rings (SSSR count). The molecule has 1 heterocycles. The van der Waals surface area contributed by atoms with E-state index in [1.54, 1.807) is 24.5 Å². The number of aromatic nitrogens is 2. The summed E-state index contributed by atoms with van der Waals surface area (Å²) in [5, 5.41) is 14.0. The Balaban J connectivity index is 1.75. The summed E-state index contributed by atoms with van der Waals surface area (Å²) in [6.45, 7) is 1.31. The summed E-state index contributed by atoms with van der Waals surface area (Å²) in [6, 6.07) is 6.79. The zero-order chi connectivity index (χ0) is 13.5. The van der Waals surface area contributed by atoms with Gasteiger partial charge in [0.2, 0.25) is 0 Å². The standard InChI is InChI=1S/C13H16N4O2/c18-17(19)12-5-2-1-4-11(12)10-14-7-3-6-13-15-8-9-16-13/h1-2,4-5,8-9,14H,3,6-7,10H2,(H,15,16). The summed E-state index contributed by atoms with van der Waals surface area (Å²) < 4.78 is 0. The maximum absolute atomic E-state index is 10.8. The van der Waals surface area contributed by atoms with Gasteiger partial charge < -0.3 is 10.3 Å². The van der Waals surface area contributed by atoms with Crippen molar-refractivity contribution in [3.63, 3.8) is 0 Å². The molecule has 2 N–H and O–H groups in total. The number of nitro benzene ring substituents is 1. The van der Waals surface area contributed by atoms with E-state index in [0.29, 0.717) is 12.1 Å². The monoisotopic (exact) mass is 260 g/mol. The smallest absolute Gasteiger partial charge is 0.273 e. The van der Waals surface area contributed by atoms with Gasteiger partial charge >= 0.3 is 0 Å². The van der Waals surface area contributed by atoms with Crippen LogP contribution in [0.25, 0.3) is 0 Å². The normalized spacial score (nSPS) is 10.5. The van der Waals surface area contributed by atoms with Crippen LogP contribution in [-0.2, 0) is 13.0 Å². The minimum Gasteiger partial charge on any atom is -0.349 e. The van der Waals surface area contributed by atoms with Crippen LogP contribution in [0.15, 0.2) is 36.7 Å². The SMILES string of the molecule is O=[N+]([O-])c1ccccc1CNCCCc1ncc[nH]1. The Morgan fingerprint density at radius 2 is 2.21 bits per heavy atom. The molecule has 1 aromatic carbocycles. The lowest BCUT2D eigenvalue weighted by atomic mass is 10.2. The highest BCUT2D eigenvalue weighted by Crippen LogP contribution is 2.16.